The number of fused-ring (bicyclic) bond motifs is 1. The van der Waals surface area contributed by atoms with E-state index in [2.05, 4.69) is 4.98 Å². The van der Waals surface area contributed by atoms with Crippen LogP contribution >= 0.6 is 0 Å². The van der Waals surface area contributed by atoms with E-state index in [4.69, 9.17) is 10.5 Å². The van der Waals surface area contributed by atoms with Crippen molar-refractivity contribution in [3.05, 3.63) is 66.4 Å². The van der Waals surface area contributed by atoms with Crippen molar-refractivity contribution in [1.29, 1.82) is 0 Å². The minimum absolute atomic E-state index is 0.458. The zero-order valence-corrected chi connectivity index (χ0v) is 10.4. The second kappa shape index (κ2) is 5.08. The van der Waals surface area contributed by atoms with Crippen molar-refractivity contribution in [2.24, 2.45) is 5.73 Å². The number of para-hydroxylation sites is 2. The minimum atomic E-state index is 0.458. The van der Waals surface area contributed by atoms with E-state index >= 15 is 0 Å². The van der Waals surface area contributed by atoms with E-state index in [0.717, 1.165) is 28.0 Å². The van der Waals surface area contributed by atoms with Crippen molar-refractivity contribution in [2.75, 3.05) is 0 Å². The summed E-state index contributed by atoms with van der Waals surface area (Å²) in [5.41, 5.74) is 7.64. The van der Waals surface area contributed by atoms with E-state index in [1.54, 1.807) is 6.20 Å². The van der Waals surface area contributed by atoms with E-state index in [0.29, 0.717) is 6.54 Å². The number of aromatic nitrogens is 1. The fourth-order valence-electron chi connectivity index (χ4n) is 2.05. The average molecular weight is 250 g/mol. The number of rotatable bonds is 3. The SMILES string of the molecule is NCc1ccccc1Oc1ccnc2ccccc12. The Hall–Kier alpha value is -2.39. The molecule has 0 radical (unpaired) electrons. The number of hydrogen-bond acceptors (Lipinski definition) is 3. The van der Waals surface area contributed by atoms with Crippen LogP contribution in [-0.2, 0) is 6.54 Å². The first-order valence-corrected chi connectivity index (χ1v) is 6.18. The zero-order chi connectivity index (χ0) is 13.1. The number of ether oxygens (including phenoxy) is 1. The molecular formula is C16H14N2O. The molecule has 0 unspecified atom stereocenters. The van der Waals surface area contributed by atoms with Crippen LogP contribution in [0.3, 0.4) is 0 Å². The molecule has 94 valence electrons. The maximum atomic E-state index is 5.99. The molecule has 0 fully saturated rings. The number of nitrogens with zero attached hydrogens (tertiary/aromatic N) is 1. The lowest BCUT2D eigenvalue weighted by atomic mass is 10.2. The third-order valence-corrected chi connectivity index (χ3v) is 3.02. The topological polar surface area (TPSA) is 48.1 Å². The van der Waals surface area contributed by atoms with Crippen LogP contribution < -0.4 is 10.5 Å². The van der Waals surface area contributed by atoms with Crippen LogP contribution in [0.1, 0.15) is 5.56 Å². The maximum absolute atomic E-state index is 5.99. The number of pyridine rings is 1. The summed E-state index contributed by atoms with van der Waals surface area (Å²) >= 11 is 0. The van der Waals surface area contributed by atoms with Gasteiger partial charge < -0.3 is 10.5 Å². The normalized spacial score (nSPS) is 10.6. The molecule has 0 atom stereocenters. The van der Waals surface area contributed by atoms with Crippen molar-refractivity contribution >= 4 is 10.9 Å². The highest BCUT2D eigenvalue weighted by molar-refractivity contribution is 5.84. The molecular weight excluding hydrogens is 236 g/mol. The Kier molecular flexibility index (Phi) is 3.12. The molecule has 0 aliphatic heterocycles. The molecule has 3 rings (SSSR count). The van der Waals surface area contributed by atoms with Crippen LogP contribution in [0.2, 0.25) is 0 Å². The monoisotopic (exact) mass is 250 g/mol. The van der Waals surface area contributed by atoms with Gasteiger partial charge in [0.25, 0.3) is 0 Å². The quantitative estimate of drug-likeness (QED) is 0.774. The Morgan fingerprint density at radius 3 is 2.58 bits per heavy atom. The molecule has 0 spiro atoms. The van der Waals surface area contributed by atoms with Crippen molar-refractivity contribution in [3.8, 4) is 11.5 Å². The molecule has 2 N–H and O–H groups in total. The number of benzene rings is 2. The first-order valence-electron chi connectivity index (χ1n) is 6.18. The van der Waals surface area contributed by atoms with Gasteiger partial charge in [-0.25, -0.2) is 0 Å². The van der Waals surface area contributed by atoms with Crippen LogP contribution in [0, 0.1) is 0 Å². The summed E-state index contributed by atoms with van der Waals surface area (Å²) < 4.78 is 5.99. The lowest BCUT2D eigenvalue weighted by Crippen LogP contribution is -1.99. The van der Waals surface area contributed by atoms with Gasteiger partial charge in [0.2, 0.25) is 0 Å². The Labute approximate surface area is 111 Å². The van der Waals surface area contributed by atoms with Gasteiger partial charge in [0.1, 0.15) is 11.5 Å². The third kappa shape index (κ3) is 2.28. The average Bonchev–Trinajstić information content (AvgIpc) is 2.48. The van der Waals surface area contributed by atoms with Crippen LogP contribution in [0.4, 0.5) is 0 Å². The largest absolute Gasteiger partial charge is 0.456 e. The van der Waals surface area contributed by atoms with E-state index < -0.39 is 0 Å². The summed E-state index contributed by atoms with van der Waals surface area (Å²) in [5.74, 6) is 1.59. The fraction of sp³-hybridized carbons (Fsp3) is 0.0625. The predicted molar refractivity (Wildman–Crippen MR) is 76.2 cm³/mol. The summed E-state index contributed by atoms with van der Waals surface area (Å²) in [6.07, 6.45) is 1.75. The standard InChI is InChI=1S/C16H14N2O/c17-11-12-5-1-4-8-15(12)19-16-9-10-18-14-7-3-2-6-13(14)16/h1-10H,11,17H2. The number of hydrogen-bond donors (Lipinski definition) is 1. The van der Waals surface area contributed by atoms with Crippen molar-refractivity contribution < 1.29 is 4.74 Å². The number of nitrogens with two attached hydrogens (primary N) is 1. The van der Waals surface area contributed by atoms with Crippen molar-refractivity contribution in [3.63, 3.8) is 0 Å². The summed E-state index contributed by atoms with van der Waals surface area (Å²) in [6.45, 7) is 0.458. The van der Waals surface area contributed by atoms with Crippen molar-refractivity contribution in [1.82, 2.24) is 4.98 Å². The highest BCUT2D eigenvalue weighted by atomic mass is 16.5. The Bertz CT molecular complexity index is 704. The first kappa shape index (κ1) is 11.7. The zero-order valence-electron chi connectivity index (χ0n) is 10.4. The smallest absolute Gasteiger partial charge is 0.138 e. The van der Waals surface area contributed by atoms with Crippen molar-refractivity contribution in [2.45, 2.75) is 6.54 Å². The summed E-state index contributed by atoms with van der Waals surface area (Å²) in [4.78, 5) is 4.32. The van der Waals surface area contributed by atoms with Gasteiger partial charge in [-0.05, 0) is 24.3 Å². The molecule has 3 heteroatoms. The van der Waals surface area contributed by atoms with Gasteiger partial charge in [0, 0.05) is 23.7 Å². The molecule has 2 aromatic carbocycles. The van der Waals surface area contributed by atoms with Gasteiger partial charge >= 0.3 is 0 Å². The summed E-state index contributed by atoms with van der Waals surface area (Å²) in [6, 6.07) is 17.6. The fourth-order valence-corrected chi connectivity index (χ4v) is 2.05. The van der Waals surface area contributed by atoms with Gasteiger partial charge in [0.15, 0.2) is 0 Å². The highest BCUT2D eigenvalue weighted by Crippen LogP contribution is 2.30. The van der Waals surface area contributed by atoms with Gasteiger partial charge in [-0.15, -0.1) is 0 Å². The lowest BCUT2D eigenvalue weighted by molar-refractivity contribution is 0.481. The molecule has 0 aliphatic rings. The molecule has 0 saturated carbocycles. The Morgan fingerprint density at radius 2 is 1.68 bits per heavy atom. The van der Waals surface area contributed by atoms with E-state index in [1.807, 2.05) is 54.6 Å². The molecule has 0 saturated heterocycles. The Balaban J connectivity index is 2.06. The molecule has 19 heavy (non-hydrogen) atoms. The molecule has 3 nitrogen and oxygen atoms in total. The summed E-state index contributed by atoms with van der Waals surface area (Å²) in [5, 5.41) is 0.997. The van der Waals surface area contributed by atoms with E-state index in [1.165, 1.54) is 0 Å². The van der Waals surface area contributed by atoms with Crippen LogP contribution in [0.5, 0.6) is 11.5 Å². The second-order valence-corrected chi connectivity index (χ2v) is 4.24. The van der Waals surface area contributed by atoms with E-state index in [9.17, 15) is 0 Å². The van der Waals surface area contributed by atoms with E-state index in [-0.39, 0.29) is 0 Å². The van der Waals surface area contributed by atoms with Crippen LogP contribution in [0.15, 0.2) is 60.8 Å². The summed E-state index contributed by atoms with van der Waals surface area (Å²) in [7, 11) is 0. The van der Waals surface area contributed by atoms with Gasteiger partial charge in [0.05, 0.1) is 5.52 Å². The van der Waals surface area contributed by atoms with Gasteiger partial charge in [-0.1, -0.05) is 30.3 Å². The maximum Gasteiger partial charge on any atom is 0.138 e. The van der Waals surface area contributed by atoms with Crippen LogP contribution in [-0.4, -0.2) is 4.98 Å². The molecule has 1 aromatic heterocycles. The molecule has 3 aromatic rings. The molecule has 1 heterocycles. The second-order valence-electron chi connectivity index (χ2n) is 4.24. The van der Waals surface area contributed by atoms with Gasteiger partial charge in [-0.3, -0.25) is 4.98 Å². The van der Waals surface area contributed by atoms with Gasteiger partial charge in [-0.2, -0.15) is 0 Å². The Morgan fingerprint density at radius 1 is 0.895 bits per heavy atom. The van der Waals surface area contributed by atoms with Crippen LogP contribution in [0.25, 0.3) is 10.9 Å². The predicted octanol–water partition coefficient (Wildman–Crippen LogP) is 3.49. The molecule has 0 amide bonds. The molecule has 0 bridgehead atoms. The minimum Gasteiger partial charge on any atom is -0.456 e. The third-order valence-electron chi connectivity index (χ3n) is 3.02. The highest BCUT2D eigenvalue weighted by Gasteiger charge is 2.06. The lowest BCUT2D eigenvalue weighted by Gasteiger charge is -2.11. The molecule has 0 aliphatic carbocycles. The first-order chi connectivity index (χ1) is 9.38.